The first-order chi connectivity index (χ1) is 12.4. The average Bonchev–Trinajstić information content (AvgIpc) is 2.58. The molecule has 136 valence electrons. The maximum Gasteiger partial charge on any atom is 0.336 e. The van der Waals surface area contributed by atoms with Crippen LogP contribution >= 0.6 is 0 Å². The van der Waals surface area contributed by atoms with E-state index in [2.05, 4.69) is 22.5 Å². The highest BCUT2D eigenvalue weighted by atomic mass is 16.5. The smallest absolute Gasteiger partial charge is 0.336 e. The Labute approximate surface area is 151 Å². The minimum absolute atomic E-state index is 0.0766. The number of rotatable bonds is 4. The van der Waals surface area contributed by atoms with E-state index in [0.717, 1.165) is 11.1 Å². The molecule has 7 heteroatoms. The van der Waals surface area contributed by atoms with E-state index in [1.54, 1.807) is 6.92 Å². The number of imide groups is 1. The van der Waals surface area contributed by atoms with Gasteiger partial charge in [0.2, 0.25) is 5.91 Å². The zero-order valence-corrected chi connectivity index (χ0v) is 14.7. The SMILES string of the molecule is C=CCOC(=O)C1=C(C)NC2NC(=O)NC(=O)C2C1c1cccc(C)c1. The van der Waals surface area contributed by atoms with E-state index in [-0.39, 0.29) is 6.61 Å². The number of urea groups is 1. The minimum atomic E-state index is -0.676. The summed E-state index contributed by atoms with van der Waals surface area (Å²) < 4.78 is 5.25. The van der Waals surface area contributed by atoms with Crippen LogP contribution in [-0.2, 0) is 14.3 Å². The molecule has 2 aliphatic rings. The molecule has 1 aromatic rings. The summed E-state index contributed by atoms with van der Waals surface area (Å²) in [4.78, 5) is 37.0. The van der Waals surface area contributed by atoms with Crippen LogP contribution in [0.5, 0.6) is 0 Å². The molecule has 3 N–H and O–H groups in total. The highest BCUT2D eigenvalue weighted by Gasteiger charge is 2.48. The summed E-state index contributed by atoms with van der Waals surface area (Å²) in [6.07, 6.45) is 0.889. The van der Waals surface area contributed by atoms with Crippen molar-refractivity contribution in [1.82, 2.24) is 16.0 Å². The number of allylic oxidation sites excluding steroid dienone is 1. The third-order valence-corrected chi connectivity index (χ3v) is 4.58. The van der Waals surface area contributed by atoms with Crippen LogP contribution in [0.25, 0.3) is 0 Å². The summed E-state index contributed by atoms with van der Waals surface area (Å²) in [6, 6.07) is 7.07. The van der Waals surface area contributed by atoms with Crippen molar-refractivity contribution in [1.29, 1.82) is 0 Å². The van der Waals surface area contributed by atoms with Crippen molar-refractivity contribution >= 4 is 17.9 Å². The number of carbonyl (C=O) groups is 3. The molecule has 3 unspecified atom stereocenters. The topological polar surface area (TPSA) is 96.5 Å². The fourth-order valence-electron chi connectivity index (χ4n) is 3.54. The molecule has 3 rings (SSSR count). The van der Waals surface area contributed by atoms with Crippen LogP contribution in [0.2, 0.25) is 0 Å². The maximum absolute atomic E-state index is 12.7. The number of esters is 1. The lowest BCUT2D eigenvalue weighted by molar-refractivity contribution is -0.139. The van der Waals surface area contributed by atoms with Crippen molar-refractivity contribution in [3.05, 3.63) is 59.3 Å². The van der Waals surface area contributed by atoms with Crippen LogP contribution in [0.15, 0.2) is 48.2 Å². The zero-order valence-electron chi connectivity index (χ0n) is 14.7. The van der Waals surface area contributed by atoms with E-state index in [1.807, 2.05) is 31.2 Å². The molecule has 0 aromatic heterocycles. The molecule has 0 bridgehead atoms. The lowest BCUT2D eigenvalue weighted by Crippen LogP contribution is -2.66. The first kappa shape index (κ1) is 17.7. The van der Waals surface area contributed by atoms with Gasteiger partial charge in [0.15, 0.2) is 0 Å². The summed E-state index contributed by atoms with van der Waals surface area (Å²) in [7, 11) is 0. The molecule has 0 saturated carbocycles. The van der Waals surface area contributed by atoms with Crippen molar-refractivity contribution in [2.45, 2.75) is 25.9 Å². The number of fused-ring (bicyclic) bond motifs is 1. The van der Waals surface area contributed by atoms with Crippen LogP contribution in [-0.4, -0.2) is 30.7 Å². The number of benzene rings is 1. The molecule has 3 atom stereocenters. The summed E-state index contributed by atoms with van der Waals surface area (Å²) in [5, 5.41) is 8.06. The normalized spacial score (nSPS) is 24.8. The highest BCUT2D eigenvalue weighted by molar-refractivity contribution is 6.01. The van der Waals surface area contributed by atoms with Gasteiger partial charge in [-0.1, -0.05) is 42.5 Å². The van der Waals surface area contributed by atoms with E-state index in [0.29, 0.717) is 11.3 Å². The predicted octanol–water partition coefficient (Wildman–Crippen LogP) is 1.47. The Balaban J connectivity index is 2.11. The third-order valence-electron chi connectivity index (χ3n) is 4.58. The standard InChI is InChI=1S/C19H21N3O4/c1-4-8-26-18(24)13-11(3)20-16-15(17(23)22-19(25)21-16)14(13)12-7-5-6-10(2)9-12/h4-7,9,14-16,20H,1,8H2,2-3H3,(H2,21,22,23,25). The van der Waals surface area contributed by atoms with Gasteiger partial charge in [-0.15, -0.1) is 0 Å². The van der Waals surface area contributed by atoms with Gasteiger partial charge in [-0.05, 0) is 19.4 Å². The molecule has 2 heterocycles. The first-order valence-corrected chi connectivity index (χ1v) is 8.35. The molecule has 0 aliphatic carbocycles. The summed E-state index contributed by atoms with van der Waals surface area (Å²) in [6.45, 7) is 7.31. The number of amides is 3. The Hall–Kier alpha value is -3.09. The maximum atomic E-state index is 12.7. The van der Waals surface area contributed by atoms with E-state index in [1.165, 1.54) is 6.08 Å². The van der Waals surface area contributed by atoms with E-state index in [9.17, 15) is 14.4 Å². The zero-order chi connectivity index (χ0) is 18.8. The number of ether oxygens (including phenoxy) is 1. The number of carbonyl (C=O) groups excluding carboxylic acids is 3. The lowest BCUT2D eigenvalue weighted by atomic mass is 9.74. The van der Waals surface area contributed by atoms with Crippen molar-refractivity contribution in [2.24, 2.45) is 5.92 Å². The first-order valence-electron chi connectivity index (χ1n) is 8.35. The minimum Gasteiger partial charge on any atom is -0.458 e. The van der Waals surface area contributed by atoms with E-state index in [4.69, 9.17) is 4.74 Å². The van der Waals surface area contributed by atoms with Gasteiger partial charge in [-0.25, -0.2) is 9.59 Å². The van der Waals surface area contributed by atoms with Crippen LogP contribution in [0, 0.1) is 12.8 Å². The van der Waals surface area contributed by atoms with Crippen molar-refractivity contribution in [3.8, 4) is 0 Å². The number of aryl methyl sites for hydroxylation is 1. The van der Waals surface area contributed by atoms with Crippen molar-refractivity contribution in [3.63, 3.8) is 0 Å². The number of nitrogens with one attached hydrogen (secondary N) is 3. The largest absolute Gasteiger partial charge is 0.458 e. The monoisotopic (exact) mass is 355 g/mol. The Morgan fingerprint density at radius 3 is 2.73 bits per heavy atom. The molecule has 0 spiro atoms. The quantitative estimate of drug-likeness (QED) is 0.561. The molecule has 0 radical (unpaired) electrons. The van der Waals surface area contributed by atoms with Gasteiger partial charge in [-0.3, -0.25) is 10.1 Å². The molecule has 3 amide bonds. The number of hydrogen-bond acceptors (Lipinski definition) is 5. The second kappa shape index (κ2) is 7.03. The molecule has 2 aliphatic heterocycles. The van der Waals surface area contributed by atoms with Crippen molar-refractivity contribution in [2.75, 3.05) is 6.61 Å². The number of hydrogen-bond donors (Lipinski definition) is 3. The second-order valence-electron chi connectivity index (χ2n) is 6.43. The Morgan fingerprint density at radius 1 is 1.27 bits per heavy atom. The average molecular weight is 355 g/mol. The predicted molar refractivity (Wildman–Crippen MR) is 94.9 cm³/mol. The van der Waals surface area contributed by atoms with Crippen LogP contribution in [0.4, 0.5) is 4.79 Å². The van der Waals surface area contributed by atoms with Gasteiger partial charge in [-0.2, -0.15) is 0 Å². The molecule has 7 nitrogen and oxygen atoms in total. The second-order valence-corrected chi connectivity index (χ2v) is 6.43. The summed E-state index contributed by atoms with van der Waals surface area (Å²) in [5.41, 5.74) is 2.78. The summed E-state index contributed by atoms with van der Waals surface area (Å²) in [5.74, 6) is -2.16. The summed E-state index contributed by atoms with van der Waals surface area (Å²) >= 11 is 0. The molecule has 1 saturated heterocycles. The van der Waals surface area contributed by atoms with Gasteiger partial charge in [0.25, 0.3) is 0 Å². The molecular weight excluding hydrogens is 334 g/mol. The molecule has 1 aromatic carbocycles. The fourth-order valence-corrected chi connectivity index (χ4v) is 3.54. The third kappa shape index (κ3) is 3.20. The van der Waals surface area contributed by atoms with Gasteiger partial charge >= 0.3 is 12.0 Å². The fraction of sp³-hybridized carbons (Fsp3) is 0.316. The van der Waals surface area contributed by atoms with Crippen LogP contribution in [0.1, 0.15) is 24.0 Å². The van der Waals surface area contributed by atoms with Crippen LogP contribution < -0.4 is 16.0 Å². The highest BCUT2D eigenvalue weighted by Crippen LogP contribution is 2.40. The van der Waals surface area contributed by atoms with Crippen molar-refractivity contribution < 1.29 is 19.1 Å². The van der Waals surface area contributed by atoms with Gasteiger partial charge in [0.05, 0.1) is 11.5 Å². The Kier molecular flexibility index (Phi) is 4.79. The molecular formula is C19H21N3O4. The Bertz CT molecular complexity index is 815. The van der Waals surface area contributed by atoms with Gasteiger partial charge in [0, 0.05) is 11.6 Å². The van der Waals surface area contributed by atoms with Gasteiger partial charge in [0.1, 0.15) is 12.8 Å². The van der Waals surface area contributed by atoms with E-state index >= 15 is 0 Å². The van der Waals surface area contributed by atoms with Crippen LogP contribution in [0.3, 0.4) is 0 Å². The molecule has 1 fully saturated rings. The lowest BCUT2D eigenvalue weighted by Gasteiger charge is -2.42. The van der Waals surface area contributed by atoms with E-state index < -0.39 is 35.9 Å². The molecule has 26 heavy (non-hydrogen) atoms. The van der Waals surface area contributed by atoms with Gasteiger partial charge < -0.3 is 15.4 Å². The Morgan fingerprint density at radius 2 is 2.04 bits per heavy atom.